The van der Waals surface area contributed by atoms with Crippen LogP contribution in [0.1, 0.15) is 63.5 Å². The summed E-state index contributed by atoms with van der Waals surface area (Å²) in [6, 6.07) is 8.81. The summed E-state index contributed by atoms with van der Waals surface area (Å²) >= 11 is 0. The molecule has 0 bridgehead atoms. The summed E-state index contributed by atoms with van der Waals surface area (Å²) < 4.78 is 5.03. The van der Waals surface area contributed by atoms with Crippen molar-refractivity contribution in [3.8, 4) is 0 Å². The van der Waals surface area contributed by atoms with Crippen molar-refractivity contribution in [1.29, 1.82) is 0 Å². The van der Waals surface area contributed by atoms with Crippen LogP contribution in [-0.2, 0) is 25.7 Å². The normalized spacial score (nSPS) is 21.9. The van der Waals surface area contributed by atoms with E-state index in [0.29, 0.717) is 25.4 Å². The molecule has 0 N–H and O–H groups in total. The van der Waals surface area contributed by atoms with Gasteiger partial charge in [0.1, 0.15) is 0 Å². The molecule has 6 nitrogen and oxygen atoms in total. The number of likely N-dealkylation sites (tertiary alicyclic amines) is 1. The predicted octanol–water partition coefficient (Wildman–Crippen LogP) is 3.51. The van der Waals surface area contributed by atoms with E-state index >= 15 is 0 Å². The number of piperidine rings is 1. The Kier molecular flexibility index (Phi) is 6.96. The molecule has 1 aromatic carbocycles. The van der Waals surface area contributed by atoms with Crippen LogP contribution in [0.3, 0.4) is 0 Å². The molecular formula is C23H34N2O4. The third-order valence-corrected chi connectivity index (χ3v) is 6.34. The Bertz CT molecular complexity index is 708. The van der Waals surface area contributed by atoms with Gasteiger partial charge in [-0.2, -0.15) is 0 Å². The first-order valence-corrected chi connectivity index (χ1v) is 10.8. The first-order chi connectivity index (χ1) is 13.9. The van der Waals surface area contributed by atoms with E-state index in [-0.39, 0.29) is 18.3 Å². The van der Waals surface area contributed by atoms with Crippen molar-refractivity contribution in [3.05, 3.63) is 35.4 Å². The highest BCUT2D eigenvalue weighted by molar-refractivity contribution is 5.88. The van der Waals surface area contributed by atoms with Gasteiger partial charge in [0.2, 0.25) is 5.91 Å². The summed E-state index contributed by atoms with van der Waals surface area (Å²) in [6.07, 6.45) is 2.42. The maximum absolute atomic E-state index is 12.6. The second-order valence-electron chi connectivity index (χ2n) is 8.58. The lowest BCUT2D eigenvalue weighted by atomic mass is 9.77. The number of carbonyl (C=O) groups is 2. The zero-order chi connectivity index (χ0) is 21.0. The molecule has 0 aromatic heterocycles. The first-order valence-electron chi connectivity index (χ1n) is 10.8. The summed E-state index contributed by atoms with van der Waals surface area (Å²) in [5, 5.41) is 1.52. The van der Waals surface area contributed by atoms with Crippen LogP contribution in [0.4, 0.5) is 0 Å². The highest BCUT2D eigenvalue weighted by atomic mass is 16.7. The van der Waals surface area contributed by atoms with Crippen LogP contribution in [0.15, 0.2) is 24.3 Å². The molecule has 1 aromatic rings. The molecule has 3 rings (SSSR count). The molecule has 29 heavy (non-hydrogen) atoms. The molecule has 160 valence electrons. The summed E-state index contributed by atoms with van der Waals surface area (Å²) in [6.45, 7) is 9.40. The number of esters is 1. The summed E-state index contributed by atoms with van der Waals surface area (Å²) in [7, 11) is 1.39. The van der Waals surface area contributed by atoms with Crippen molar-refractivity contribution in [2.45, 2.75) is 64.5 Å². The van der Waals surface area contributed by atoms with E-state index in [1.807, 2.05) is 6.92 Å². The minimum absolute atomic E-state index is 0.105. The SMILES string of the molecule is CCCON1C(=O)C[C@@H](C(=O)OC)C12CCN(Cc1ccc(C(C)C)cc1)CC2. The number of benzene rings is 1. The maximum atomic E-state index is 12.6. The lowest BCUT2D eigenvalue weighted by molar-refractivity contribution is -0.223. The summed E-state index contributed by atoms with van der Waals surface area (Å²) in [5.41, 5.74) is 2.05. The van der Waals surface area contributed by atoms with Gasteiger partial charge in [-0.25, -0.2) is 5.06 Å². The fourth-order valence-electron chi connectivity index (χ4n) is 4.58. The largest absolute Gasteiger partial charge is 0.469 e. The lowest BCUT2D eigenvalue weighted by Gasteiger charge is -2.45. The van der Waals surface area contributed by atoms with Crippen molar-refractivity contribution in [1.82, 2.24) is 9.96 Å². The molecule has 2 aliphatic heterocycles. The molecule has 2 saturated heterocycles. The Morgan fingerprint density at radius 3 is 2.41 bits per heavy atom. The molecule has 6 heteroatoms. The van der Waals surface area contributed by atoms with Crippen molar-refractivity contribution in [2.24, 2.45) is 5.92 Å². The Hall–Kier alpha value is -1.92. The first kappa shape index (κ1) is 21.8. The van der Waals surface area contributed by atoms with Gasteiger partial charge in [0, 0.05) is 26.1 Å². The Morgan fingerprint density at radius 1 is 1.21 bits per heavy atom. The molecule has 0 saturated carbocycles. The highest BCUT2D eigenvalue weighted by Crippen LogP contribution is 2.44. The van der Waals surface area contributed by atoms with Gasteiger partial charge in [0.25, 0.3) is 0 Å². The number of hydrogen-bond donors (Lipinski definition) is 0. The molecule has 1 atom stereocenters. The van der Waals surface area contributed by atoms with Crippen LogP contribution in [0.25, 0.3) is 0 Å². The Balaban J connectivity index is 1.70. The number of hydrogen-bond acceptors (Lipinski definition) is 5. The fourth-order valence-corrected chi connectivity index (χ4v) is 4.58. The molecule has 0 aliphatic carbocycles. The monoisotopic (exact) mass is 402 g/mol. The van der Waals surface area contributed by atoms with Gasteiger partial charge in [-0.05, 0) is 36.3 Å². The van der Waals surface area contributed by atoms with Crippen LogP contribution in [0.5, 0.6) is 0 Å². The van der Waals surface area contributed by atoms with Gasteiger partial charge in [0.15, 0.2) is 0 Å². The van der Waals surface area contributed by atoms with Crippen LogP contribution < -0.4 is 0 Å². The average Bonchev–Trinajstić information content (AvgIpc) is 2.99. The number of ether oxygens (including phenoxy) is 1. The van der Waals surface area contributed by atoms with E-state index < -0.39 is 11.5 Å². The lowest BCUT2D eigenvalue weighted by Crippen LogP contribution is -2.57. The van der Waals surface area contributed by atoms with E-state index in [1.54, 1.807) is 0 Å². The van der Waals surface area contributed by atoms with E-state index in [4.69, 9.17) is 9.57 Å². The van der Waals surface area contributed by atoms with E-state index in [1.165, 1.54) is 23.3 Å². The van der Waals surface area contributed by atoms with Gasteiger partial charge < -0.3 is 4.74 Å². The quantitative estimate of drug-likeness (QED) is 0.653. The Morgan fingerprint density at radius 2 is 1.86 bits per heavy atom. The fraction of sp³-hybridized carbons (Fsp3) is 0.652. The zero-order valence-electron chi connectivity index (χ0n) is 18.1. The zero-order valence-corrected chi connectivity index (χ0v) is 18.1. The second-order valence-corrected chi connectivity index (χ2v) is 8.58. The number of amides is 1. The van der Waals surface area contributed by atoms with Gasteiger partial charge in [-0.1, -0.05) is 45.0 Å². The molecule has 0 radical (unpaired) electrons. The number of methoxy groups -OCH3 is 1. The van der Waals surface area contributed by atoms with Crippen LogP contribution in [-0.4, -0.2) is 54.2 Å². The third kappa shape index (κ3) is 4.48. The van der Waals surface area contributed by atoms with Crippen molar-refractivity contribution >= 4 is 11.9 Å². The number of nitrogens with zero attached hydrogens (tertiary/aromatic N) is 2. The minimum atomic E-state index is -0.586. The van der Waals surface area contributed by atoms with Gasteiger partial charge >= 0.3 is 5.97 Å². The maximum Gasteiger partial charge on any atom is 0.311 e. The number of hydroxylamine groups is 2. The van der Waals surface area contributed by atoms with Gasteiger partial charge in [-0.3, -0.25) is 19.3 Å². The van der Waals surface area contributed by atoms with E-state index in [9.17, 15) is 9.59 Å². The molecule has 2 heterocycles. The third-order valence-electron chi connectivity index (χ3n) is 6.34. The smallest absolute Gasteiger partial charge is 0.311 e. The van der Waals surface area contributed by atoms with E-state index in [2.05, 4.69) is 43.0 Å². The molecule has 1 spiro atoms. The molecule has 0 unspecified atom stereocenters. The van der Waals surface area contributed by atoms with Crippen LogP contribution in [0, 0.1) is 5.92 Å². The van der Waals surface area contributed by atoms with Crippen molar-refractivity contribution in [3.63, 3.8) is 0 Å². The molecule has 1 amide bonds. The number of carbonyl (C=O) groups excluding carboxylic acids is 2. The van der Waals surface area contributed by atoms with Crippen molar-refractivity contribution < 1.29 is 19.2 Å². The van der Waals surface area contributed by atoms with Crippen LogP contribution >= 0.6 is 0 Å². The number of rotatable bonds is 7. The minimum Gasteiger partial charge on any atom is -0.469 e. The van der Waals surface area contributed by atoms with E-state index in [0.717, 1.165) is 26.1 Å². The second kappa shape index (κ2) is 9.26. The topological polar surface area (TPSA) is 59.1 Å². The predicted molar refractivity (Wildman–Crippen MR) is 111 cm³/mol. The van der Waals surface area contributed by atoms with Crippen LogP contribution in [0.2, 0.25) is 0 Å². The van der Waals surface area contributed by atoms with Gasteiger partial charge in [0.05, 0.1) is 25.2 Å². The van der Waals surface area contributed by atoms with Gasteiger partial charge in [-0.15, -0.1) is 0 Å². The van der Waals surface area contributed by atoms with Crippen molar-refractivity contribution in [2.75, 3.05) is 26.8 Å². The average molecular weight is 403 g/mol. The molecule has 2 fully saturated rings. The summed E-state index contributed by atoms with van der Waals surface area (Å²) in [4.78, 5) is 33.3. The highest BCUT2D eigenvalue weighted by Gasteiger charge is 2.58. The molecular weight excluding hydrogens is 368 g/mol. The molecule has 2 aliphatic rings. The standard InChI is InChI=1S/C23H34N2O4/c1-5-14-29-25-21(26)15-20(22(27)28-4)23(25)10-12-24(13-11-23)16-18-6-8-19(9-7-18)17(2)3/h6-9,17,20H,5,10-16H2,1-4H3/t20-/m0/s1. The Labute approximate surface area is 174 Å². The summed E-state index contributed by atoms with van der Waals surface area (Å²) in [5.74, 6) is -0.335.